The zero-order valence-electron chi connectivity index (χ0n) is 21.3. The minimum Gasteiger partial charge on any atom is -0.350 e. The van der Waals surface area contributed by atoms with Gasteiger partial charge in [0.2, 0.25) is 11.9 Å². The second kappa shape index (κ2) is 11.4. The Hall–Kier alpha value is -3.93. The van der Waals surface area contributed by atoms with E-state index in [1.54, 1.807) is 35.0 Å². The number of carbonyl (C=O) groups is 2. The van der Waals surface area contributed by atoms with Gasteiger partial charge in [0.05, 0.1) is 6.42 Å². The maximum absolute atomic E-state index is 12.5. The van der Waals surface area contributed by atoms with Crippen molar-refractivity contribution in [3.63, 3.8) is 0 Å². The van der Waals surface area contributed by atoms with Gasteiger partial charge in [0.1, 0.15) is 0 Å². The lowest BCUT2D eigenvalue weighted by Crippen LogP contribution is -2.37. The Kier molecular flexibility index (Phi) is 7.82. The molecule has 1 saturated heterocycles. The first-order valence-electron chi connectivity index (χ1n) is 13.0. The Morgan fingerprint density at radius 3 is 2.67 bits per heavy atom. The van der Waals surface area contributed by atoms with E-state index in [-0.39, 0.29) is 12.5 Å². The number of rotatable bonds is 8. The topological polar surface area (TPSA) is 104 Å². The van der Waals surface area contributed by atoms with E-state index >= 15 is 0 Å². The van der Waals surface area contributed by atoms with Crippen LogP contribution >= 0.6 is 0 Å². The second-order valence-electron chi connectivity index (χ2n) is 9.77. The molecular weight excluding hydrogens is 511 g/mol. The van der Waals surface area contributed by atoms with Crippen molar-refractivity contribution in [3.8, 4) is 0 Å². The summed E-state index contributed by atoms with van der Waals surface area (Å²) in [7, 11) is 0. The maximum atomic E-state index is 12.5. The van der Waals surface area contributed by atoms with Gasteiger partial charge in [0, 0.05) is 55.1 Å². The van der Waals surface area contributed by atoms with Gasteiger partial charge in [-0.2, -0.15) is 18.2 Å². The first-order valence-corrected chi connectivity index (χ1v) is 13.0. The van der Waals surface area contributed by atoms with Gasteiger partial charge in [-0.1, -0.05) is 6.08 Å². The van der Waals surface area contributed by atoms with Crippen LogP contribution in [0.25, 0.3) is 11.2 Å². The average molecular weight is 542 g/mol. The van der Waals surface area contributed by atoms with Crippen LogP contribution in [0.1, 0.15) is 48.0 Å². The van der Waals surface area contributed by atoms with Crippen molar-refractivity contribution in [2.75, 3.05) is 31.5 Å². The highest BCUT2D eigenvalue weighted by molar-refractivity contribution is 5.94. The minimum atomic E-state index is -4.34. The molecule has 2 amide bonds. The molecule has 1 fully saturated rings. The fourth-order valence-electron chi connectivity index (χ4n) is 4.84. The maximum Gasteiger partial charge on any atom is 0.389 e. The van der Waals surface area contributed by atoms with Crippen molar-refractivity contribution in [1.82, 2.24) is 30.1 Å². The van der Waals surface area contributed by atoms with Crippen molar-refractivity contribution in [3.05, 3.63) is 59.8 Å². The molecule has 2 aromatic heterocycles. The second-order valence-corrected chi connectivity index (χ2v) is 9.77. The predicted molar refractivity (Wildman–Crippen MR) is 141 cm³/mol. The average Bonchev–Trinajstić information content (AvgIpc) is 3.60. The van der Waals surface area contributed by atoms with Gasteiger partial charge in [0.15, 0.2) is 5.65 Å². The van der Waals surface area contributed by atoms with E-state index in [0.29, 0.717) is 42.7 Å². The molecule has 0 saturated carbocycles. The lowest BCUT2D eigenvalue weighted by molar-refractivity contribution is -0.148. The Labute approximate surface area is 223 Å². The number of benzene rings is 1. The zero-order chi connectivity index (χ0) is 27.4. The molecule has 0 bridgehead atoms. The molecule has 9 nitrogen and oxygen atoms in total. The molecule has 4 heterocycles. The number of carbonyl (C=O) groups excluding carboxylic acids is 2. The van der Waals surface area contributed by atoms with Crippen molar-refractivity contribution in [2.45, 2.75) is 44.3 Å². The van der Waals surface area contributed by atoms with E-state index in [9.17, 15) is 22.8 Å². The zero-order valence-corrected chi connectivity index (χ0v) is 21.3. The Morgan fingerprint density at radius 2 is 1.97 bits per heavy atom. The molecule has 0 aliphatic carbocycles. The van der Waals surface area contributed by atoms with Crippen LogP contribution in [0, 0.1) is 0 Å². The summed E-state index contributed by atoms with van der Waals surface area (Å²) >= 11 is 0. The summed E-state index contributed by atoms with van der Waals surface area (Å²) in [6.07, 6.45) is 0.353. The monoisotopic (exact) mass is 541 g/mol. The van der Waals surface area contributed by atoms with E-state index in [0.717, 1.165) is 36.2 Å². The molecule has 2 aliphatic rings. The van der Waals surface area contributed by atoms with Crippen LogP contribution in [0.4, 0.5) is 24.8 Å². The number of hydrogen-bond donors (Lipinski definition) is 3. The number of halogens is 3. The molecule has 12 heteroatoms. The molecule has 1 atom stereocenters. The van der Waals surface area contributed by atoms with Gasteiger partial charge in [-0.25, -0.2) is 4.52 Å². The highest BCUT2D eigenvalue weighted by Gasteiger charge is 2.29. The Balaban J connectivity index is 1.22. The third kappa shape index (κ3) is 6.75. The number of amides is 2. The third-order valence-electron chi connectivity index (χ3n) is 6.97. The van der Waals surface area contributed by atoms with E-state index in [1.807, 2.05) is 18.2 Å². The number of alkyl halides is 3. The summed E-state index contributed by atoms with van der Waals surface area (Å²) in [5.74, 6) is -0.233. The SMILES string of the molecule is O=C(NCC1CCCN1)c1ccc(Nc2nc3c(C4=CCN(C(=O)CCC(F)(F)F)CC4)cccn3n2)cc1. The van der Waals surface area contributed by atoms with Crippen molar-refractivity contribution >= 4 is 34.7 Å². The number of aromatic nitrogens is 3. The summed E-state index contributed by atoms with van der Waals surface area (Å²) in [4.78, 5) is 30.7. The summed E-state index contributed by atoms with van der Waals surface area (Å²) < 4.78 is 39.0. The quantitative estimate of drug-likeness (QED) is 0.400. The third-order valence-corrected chi connectivity index (χ3v) is 6.97. The number of anilines is 2. The molecule has 2 aliphatic heterocycles. The number of pyridine rings is 1. The highest BCUT2D eigenvalue weighted by atomic mass is 19.4. The van der Waals surface area contributed by atoms with Crippen LogP contribution in [0.15, 0.2) is 48.7 Å². The fraction of sp³-hybridized carbons (Fsp3) is 0.407. The first-order chi connectivity index (χ1) is 18.7. The molecule has 1 unspecified atom stereocenters. The van der Waals surface area contributed by atoms with E-state index < -0.39 is 24.9 Å². The molecule has 1 aromatic carbocycles. The molecular formula is C27H30F3N7O2. The van der Waals surface area contributed by atoms with Crippen LogP contribution in [0.5, 0.6) is 0 Å². The molecule has 3 N–H and O–H groups in total. The van der Waals surface area contributed by atoms with Gasteiger partial charge in [-0.05, 0) is 67.8 Å². The van der Waals surface area contributed by atoms with Crippen LogP contribution in [-0.2, 0) is 4.79 Å². The lowest BCUT2D eigenvalue weighted by Gasteiger charge is -2.27. The molecule has 39 heavy (non-hydrogen) atoms. The number of fused-ring (bicyclic) bond motifs is 1. The van der Waals surface area contributed by atoms with Crippen molar-refractivity contribution < 1.29 is 22.8 Å². The van der Waals surface area contributed by atoms with E-state index in [1.165, 1.54) is 4.90 Å². The molecule has 3 aromatic rings. The number of hydrogen-bond acceptors (Lipinski definition) is 6. The Morgan fingerprint density at radius 1 is 1.15 bits per heavy atom. The van der Waals surface area contributed by atoms with Gasteiger partial charge in [0.25, 0.3) is 5.91 Å². The van der Waals surface area contributed by atoms with Crippen LogP contribution < -0.4 is 16.0 Å². The van der Waals surface area contributed by atoms with Gasteiger partial charge < -0.3 is 20.9 Å². The van der Waals surface area contributed by atoms with Crippen LogP contribution in [0.3, 0.4) is 0 Å². The summed E-state index contributed by atoms with van der Waals surface area (Å²) in [5, 5.41) is 14.0. The first kappa shape index (κ1) is 26.7. The number of nitrogens with zero attached hydrogens (tertiary/aromatic N) is 4. The smallest absolute Gasteiger partial charge is 0.350 e. The summed E-state index contributed by atoms with van der Waals surface area (Å²) in [6, 6.07) is 11.2. The molecule has 0 radical (unpaired) electrons. The minimum absolute atomic E-state index is 0.118. The van der Waals surface area contributed by atoms with Gasteiger partial charge in [-0.15, -0.1) is 5.10 Å². The largest absolute Gasteiger partial charge is 0.389 e. The van der Waals surface area contributed by atoms with Crippen LogP contribution in [0.2, 0.25) is 0 Å². The lowest BCUT2D eigenvalue weighted by atomic mass is 10.00. The summed E-state index contributed by atoms with van der Waals surface area (Å²) in [6.45, 7) is 2.20. The molecule has 0 spiro atoms. The van der Waals surface area contributed by atoms with Gasteiger partial charge in [-0.3, -0.25) is 9.59 Å². The van der Waals surface area contributed by atoms with Crippen LogP contribution in [-0.4, -0.2) is 69.7 Å². The highest BCUT2D eigenvalue weighted by Crippen LogP contribution is 2.28. The van der Waals surface area contributed by atoms with E-state index in [2.05, 4.69) is 26.0 Å². The molecule has 5 rings (SSSR count). The van der Waals surface area contributed by atoms with Crippen molar-refractivity contribution in [2.24, 2.45) is 0 Å². The summed E-state index contributed by atoms with van der Waals surface area (Å²) in [5.41, 5.74) is 3.73. The standard InChI is InChI=1S/C27H30F3N7O2/c28-27(29,30)12-9-23(38)36-15-10-18(11-16-36)22-4-2-14-37-24(22)34-26(35-37)33-20-7-5-19(6-8-20)25(39)32-17-21-3-1-13-31-21/h2,4-8,10,14,21,31H,1,3,9,11-13,15-17H2,(H,32,39)(H,33,35). The van der Waals surface area contributed by atoms with Gasteiger partial charge >= 0.3 is 6.18 Å². The molecule has 206 valence electrons. The van der Waals surface area contributed by atoms with Crippen molar-refractivity contribution in [1.29, 1.82) is 0 Å². The predicted octanol–water partition coefficient (Wildman–Crippen LogP) is 3.91. The normalized spacial score (nSPS) is 17.8. The van der Waals surface area contributed by atoms with E-state index in [4.69, 9.17) is 0 Å². The Bertz CT molecular complexity index is 1360. The number of nitrogens with one attached hydrogen (secondary N) is 3. The fourth-order valence-corrected chi connectivity index (χ4v) is 4.84.